The summed E-state index contributed by atoms with van der Waals surface area (Å²) in [6.07, 6.45) is 1.99. The molecule has 138 valence electrons. The van der Waals surface area contributed by atoms with Crippen molar-refractivity contribution in [2.45, 2.75) is 6.42 Å². The summed E-state index contributed by atoms with van der Waals surface area (Å²) in [6.45, 7) is 0.345. The summed E-state index contributed by atoms with van der Waals surface area (Å²) in [5, 5.41) is 5.94. The molecule has 0 radical (unpaired) electrons. The molecule has 2 aromatic carbocycles. The number of benzene rings is 2. The topological polar surface area (TPSA) is 63.2 Å². The van der Waals surface area contributed by atoms with Crippen LogP contribution < -0.4 is 15.4 Å². The number of hydrogen-bond donors (Lipinski definition) is 2. The van der Waals surface area contributed by atoms with Crippen LogP contribution in [0.3, 0.4) is 0 Å². The van der Waals surface area contributed by atoms with Crippen LogP contribution in [0.25, 0.3) is 0 Å². The maximum absolute atomic E-state index is 13.6. The first kappa shape index (κ1) is 18.4. The van der Waals surface area contributed by atoms with E-state index >= 15 is 0 Å². The van der Waals surface area contributed by atoms with Crippen LogP contribution in [-0.2, 0) is 6.42 Å². The quantitative estimate of drug-likeness (QED) is 0.666. The molecule has 0 aliphatic heterocycles. The summed E-state index contributed by atoms with van der Waals surface area (Å²) < 4.78 is 18.9. The van der Waals surface area contributed by atoms with Gasteiger partial charge in [0.2, 0.25) is 0 Å². The smallest absolute Gasteiger partial charge is 0.251 e. The van der Waals surface area contributed by atoms with Crippen LogP contribution in [-0.4, -0.2) is 24.5 Å². The summed E-state index contributed by atoms with van der Waals surface area (Å²) in [6, 6.07) is 17.3. The summed E-state index contributed by atoms with van der Waals surface area (Å²) in [5.41, 5.74) is 1.80. The van der Waals surface area contributed by atoms with E-state index in [4.69, 9.17) is 4.74 Å². The fraction of sp³-hybridized carbons (Fsp3) is 0.143. The molecular weight excluding hydrogens is 345 g/mol. The Morgan fingerprint density at radius 1 is 1.11 bits per heavy atom. The van der Waals surface area contributed by atoms with Crippen LogP contribution in [0.4, 0.5) is 15.9 Å². The summed E-state index contributed by atoms with van der Waals surface area (Å²) in [5.74, 6) is 0.705. The van der Waals surface area contributed by atoms with Crippen molar-refractivity contribution in [1.82, 2.24) is 10.3 Å². The fourth-order valence-electron chi connectivity index (χ4n) is 2.64. The van der Waals surface area contributed by atoms with Gasteiger partial charge >= 0.3 is 0 Å². The van der Waals surface area contributed by atoms with E-state index in [1.165, 1.54) is 6.07 Å². The number of para-hydroxylation sites is 2. The van der Waals surface area contributed by atoms with E-state index in [0.717, 1.165) is 5.69 Å². The number of ether oxygens (including phenoxy) is 1. The minimum atomic E-state index is -0.265. The van der Waals surface area contributed by atoms with Crippen LogP contribution >= 0.6 is 0 Å². The number of rotatable bonds is 7. The molecule has 0 saturated heterocycles. The predicted molar refractivity (Wildman–Crippen MR) is 103 cm³/mol. The van der Waals surface area contributed by atoms with Crippen molar-refractivity contribution < 1.29 is 13.9 Å². The monoisotopic (exact) mass is 365 g/mol. The zero-order valence-corrected chi connectivity index (χ0v) is 14.9. The van der Waals surface area contributed by atoms with Gasteiger partial charge in [-0.3, -0.25) is 4.79 Å². The Kier molecular flexibility index (Phi) is 5.99. The average molecular weight is 365 g/mol. The molecule has 0 saturated carbocycles. The first-order chi connectivity index (χ1) is 13.2. The first-order valence-corrected chi connectivity index (χ1v) is 8.55. The third-order valence-electron chi connectivity index (χ3n) is 4.03. The molecule has 1 amide bonds. The number of nitrogens with zero attached hydrogens (tertiary/aromatic N) is 1. The van der Waals surface area contributed by atoms with Crippen LogP contribution in [0.1, 0.15) is 15.9 Å². The fourth-order valence-corrected chi connectivity index (χ4v) is 2.64. The van der Waals surface area contributed by atoms with Crippen molar-refractivity contribution in [1.29, 1.82) is 0 Å². The molecule has 6 heteroatoms. The minimum Gasteiger partial charge on any atom is -0.495 e. The van der Waals surface area contributed by atoms with Gasteiger partial charge in [-0.25, -0.2) is 9.37 Å². The highest BCUT2D eigenvalue weighted by atomic mass is 19.1. The second-order valence-corrected chi connectivity index (χ2v) is 5.85. The zero-order valence-electron chi connectivity index (χ0n) is 14.9. The van der Waals surface area contributed by atoms with E-state index in [9.17, 15) is 9.18 Å². The Bertz CT molecular complexity index is 931. The van der Waals surface area contributed by atoms with Crippen molar-refractivity contribution in [3.8, 4) is 5.75 Å². The maximum Gasteiger partial charge on any atom is 0.251 e. The lowest BCUT2D eigenvalue weighted by molar-refractivity contribution is 0.0954. The van der Waals surface area contributed by atoms with Crippen LogP contribution in [0, 0.1) is 5.82 Å². The van der Waals surface area contributed by atoms with Crippen LogP contribution in [0.5, 0.6) is 5.75 Å². The lowest BCUT2D eigenvalue weighted by Gasteiger charge is -2.11. The predicted octanol–water partition coefficient (Wildman–Crippen LogP) is 3.95. The number of halogens is 1. The molecule has 5 nitrogen and oxygen atoms in total. The minimum absolute atomic E-state index is 0.239. The molecule has 0 unspecified atom stereocenters. The summed E-state index contributed by atoms with van der Waals surface area (Å²) >= 11 is 0. The number of hydrogen-bond acceptors (Lipinski definition) is 4. The van der Waals surface area contributed by atoms with Gasteiger partial charge in [-0.15, -0.1) is 0 Å². The van der Waals surface area contributed by atoms with Crippen molar-refractivity contribution in [3.05, 3.63) is 83.8 Å². The molecular formula is C21H20FN3O2. The van der Waals surface area contributed by atoms with E-state index in [1.54, 1.807) is 43.6 Å². The first-order valence-electron chi connectivity index (χ1n) is 8.55. The number of methoxy groups -OCH3 is 1. The Hall–Kier alpha value is -3.41. The summed E-state index contributed by atoms with van der Waals surface area (Å²) in [4.78, 5) is 16.6. The van der Waals surface area contributed by atoms with Crippen molar-refractivity contribution in [3.63, 3.8) is 0 Å². The van der Waals surface area contributed by atoms with Crippen molar-refractivity contribution in [2.75, 3.05) is 19.0 Å². The van der Waals surface area contributed by atoms with E-state index < -0.39 is 0 Å². The van der Waals surface area contributed by atoms with Gasteiger partial charge in [0.05, 0.1) is 12.8 Å². The van der Waals surface area contributed by atoms with Gasteiger partial charge in [0.25, 0.3) is 5.91 Å². The largest absolute Gasteiger partial charge is 0.495 e. The van der Waals surface area contributed by atoms with E-state index in [1.807, 2.05) is 24.3 Å². The van der Waals surface area contributed by atoms with E-state index in [-0.39, 0.29) is 11.7 Å². The normalized spacial score (nSPS) is 10.3. The van der Waals surface area contributed by atoms with Gasteiger partial charge in [0.1, 0.15) is 17.4 Å². The second-order valence-electron chi connectivity index (χ2n) is 5.85. The highest BCUT2D eigenvalue weighted by Crippen LogP contribution is 2.26. The number of pyridine rings is 1. The van der Waals surface area contributed by atoms with Gasteiger partial charge < -0.3 is 15.4 Å². The standard InChI is InChI=1S/C21H20FN3O2/c1-27-19-9-5-4-8-18(19)25-20-14-16(11-12-23-20)21(26)24-13-10-15-6-2-3-7-17(15)22/h2-9,11-12,14H,10,13H2,1H3,(H,23,25)(H,24,26). The molecule has 3 rings (SSSR count). The highest BCUT2D eigenvalue weighted by Gasteiger charge is 2.09. The van der Waals surface area contributed by atoms with Crippen molar-refractivity contribution >= 4 is 17.4 Å². The van der Waals surface area contributed by atoms with Crippen molar-refractivity contribution in [2.24, 2.45) is 0 Å². The van der Waals surface area contributed by atoms with Gasteiger partial charge in [0, 0.05) is 18.3 Å². The van der Waals surface area contributed by atoms with Gasteiger partial charge in [-0.05, 0) is 42.3 Å². The van der Waals surface area contributed by atoms with E-state index in [0.29, 0.717) is 35.7 Å². The van der Waals surface area contributed by atoms with Gasteiger partial charge in [-0.1, -0.05) is 30.3 Å². The number of amides is 1. The molecule has 27 heavy (non-hydrogen) atoms. The molecule has 3 aromatic rings. The molecule has 0 aliphatic carbocycles. The Morgan fingerprint density at radius 3 is 2.70 bits per heavy atom. The molecule has 0 spiro atoms. The van der Waals surface area contributed by atoms with Gasteiger partial charge in [-0.2, -0.15) is 0 Å². The SMILES string of the molecule is COc1ccccc1Nc1cc(C(=O)NCCc2ccccc2F)ccn1. The second kappa shape index (κ2) is 8.80. The Labute approximate surface area is 157 Å². The molecule has 0 aliphatic rings. The third kappa shape index (κ3) is 4.82. The molecule has 0 atom stereocenters. The lowest BCUT2D eigenvalue weighted by atomic mass is 10.1. The number of anilines is 2. The average Bonchev–Trinajstić information content (AvgIpc) is 2.70. The number of carbonyl (C=O) groups excluding carboxylic acids is 1. The summed E-state index contributed by atoms with van der Waals surface area (Å²) in [7, 11) is 1.59. The third-order valence-corrected chi connectivity index (χ3v) is 4.03. The highest BCUT2D eigenvalue weighted by molar-refractivity contribution is 5.95. The van der Waals surface area contributed by atoms with Crippen LogP contribution in [0.2, 0.25) is 0 Å². The van der Waals surface area contributed by atoms with Crippen LogP contribution in [0.15, 0.2) is 66.9 Å². The molecule has 0 bridgehead atoms. The Morgan fingerprint density at radius 2 is 1.89 bits per heavy atom. The molecule has 1 aromatic heterocycles. The maximum atomic E-state index is 13.6. The molecule has 2 N–H and O–H groups in total. The van der Waals surface area contributed by atoms with E-state index in [2.05, 4.69) is 15.6 Å². The number of carbonyl (C=O) groups is 1. The Balaban J connectivity index is 1.62. The zero-order chi connectivity index (χ0) is 19.1. The van der Waals surface area contributed by atoms with Gasteiger partial charge in [0.15, 0.2) is 0 Å². The molecule has 0 fully saturated rings. The molecule has 1 heterocycles. The number of nitrogens with one attached hydrogen (secondary N) is 2. The number of aromatic nitrogens is 1. The lowest BCUT2D eigenvalue weighted by Crippen LogP contribution is -2.26.